The Morgan fingerprint density at radius 1 is 1.30 bits per heavy atom. The number of quaternary nitrogens is 1. The highest BCUT2D eigenvalue weighted by molar-refractivity contribution is 7.91. The zero-order valence-electron chi connectivity index (χ0n) is 16.4. The van der Waals surface area contributed by atoms with Crippen LogP contribution in [0.15, 0.2) is 36.4 Å². The van der Waals surface area contributed by atoms with Crippen LogP contribution in [-0.2, 0) is 14.6 Å². The Bertz CT molecular complexity index is 789. The van der Waals surface area contributed by atoms with E-state index in [2.05, 4.69) is 37.3 Å². The number of hydrogen-bond acceptors (Lipinski definition) is 3. The Labute approximate surface area is 163 Å². The molecule has 0 aliphatic carbocycles. The molecule has 3 atom stereocenters. The molecular formula is C21H31N2O3S+. The van der Waals surface area contributed by atoms with E-state index in [1.807, 2.05) is 17.9 Å². The van der Waals surface area contributed by atoms with Gasteiger partial charge in [0.05, 0.1) is 24.6 Å². The average molecular weight is 392 g/mol. The van der Waals surface area contributed by atoms with Crippen LogP contribution in [0.25, 0.3) is 5.57 Å². The van der Waals surface area contributed by atoms with Gasteiger partial charge in [0.1, 0.15) is 0 Å². The van der Waals surface area contributed by atoms with E-state index in [1.165, 1.54) is 16.0 Å². The second-order valence-electron chi connectivity index (χ2n) is 7.84. The molecule has 1 aromatic carbocycles. The van der Waals surface area contributed by atoms with Crippen LogP contribution < -0.4 is 4.90 Å². The van der Waals surface area contributed by atoms with Crippen molar-refractivity contribution < 1.29 is 18.1 Å². The second-order valence-corrected chi connectivity index (χ2v) is 10.1. The van der Waals surface area contributed by atoms with Gasteiger partial charge in [-0.25, -0.2) is 8.42 Å². The third-order valence-electron chi connectivity index (χ3n) is 5.89. The van der Waals surface area contributed by atoms with E-state index < -0.39 is 9.84 Å². The largest absolute Gasteiger partial charge is 0.331 e. The quantitative estimate of drug-likeness (QED) is 0.792. The highest BCUT2D eigenvalue weighted by Gasteiger charge is 2.37. The van der Waals surface area contributed by atoms with Crippen LogP contribution in [0, 0.1) is 0 Å². The van der Waals surface area contributed by atoms with Crippen molar-refractivity contribution in [2.24, 2.45) is 0 Å². The Balaban J connectivity index is 1.64. The first-order valence-corrected chi connectivity index (χ1v) is 11.8. The van der Waals surface area contributed by atoms with Crippen molar-refractivity contribution in [3.63, 3.8) is 0 Å². The number of rotatable bonds is 6. The van der Waals surface area contributed by atoms with E-state index in [9.17, 15) is 13.2 Å². The first-order chi connectivity index (χ1) is 12.9. The standard InChI is InChI=1S/C21H30N2O3S/c1-3-17(2)23(20-11-14-27(25,26)16-20)21(24)15-22-12-9-19(10-13-22)18-7-5-4-6-8-18/h4-9,17,20H,3,10-16H2,1-2H3/p+1/t17-,20+/m0/s1. The molecule has 5 nitrogen and oxygen atoms in total. The number of amides is 1. The summed E-state index contributed by atoms with van der Waals surface area (Å²) in [5, 5.41) is 0. The Morgan fingerprint density at radius 2 is 2.04 bits per heavy atom. The topological polar surface area (TPSA) is 58.9 Å². The maximum Gasteiger partial charge on any atom is 0.278 e. The monoisotopic (exact) mass is 391 g/mol. The molecule has 3 rings (SSSR count). The number of nitrogens with zero attached hydrogens (tertiary/aromatic N) is 1. The lowest BCUT2D eigenvalue weighted by Crippen LogP contribution is -3.13. The van der Waals surface area contributed by atoms with Crippen LogP contribution in [0.4, 0.5) is 0 Å². The van der Waals surface area contributed by atoms with E-state index in [4.69, 9.17) is 0 Å². The minimum absolute atomic E-state index is 0.0791. The molecular weight excluding hydrogens is 360 g/mol. The molecule has 6 heteroatoms. The van der Waals surface area contributed by atoms with Gasteiger partial charge < -0.3 is 9.80 Å². The van der Waals surface area contributed by atoms with Gasteiger partial charge in [-0.3, -0.25) is 4.79 Å². The van der Waals surface area contributed by atoms with Crippen LogP contribution in [0.1, 0.15) is 38.7 Å². The molecule has 1 aromatic rings. The highest BCUT2D eigenvalue weighted by Crippen LogP contribution is 2.21. The minimum Gasteiger partial charge on any atom is -0.331 e. The van der Waals surface area contributed by atoms with Gasteiger partial charge in [-0.15, -0.1) is 0 Å². The van der Waals surface area contributed by atoms with E-state index in [-0.39, 0.29) is 29.5 Å². The predicted molar refractivity (Wildman–Crippen MR) is 108 cm³/mol. The number of carbonyl (C=O) groups excluding carboxylic acids is 1. The van der Waals surface area contributed by atoms with Crippen LogP contribution >= 0.6 is 0 Å². The summed E-state index contributed by atoms with van der Waals surface area (Å²) in [6.45, 7) is 6.30. The van der Waals surface area contributed by atoms with Crippen molar-refractivity contribution in [3.8, 4) is 0 Å². The summed E-state index contributed by atoms with van der Waals surface area (Å²) in [7, 11) is -3.00. The van der Waals surface area contributed by atoms with Crippen molar-refractivity contribution in [1.82, 2.24) is 4.90 Å². The predicted octanol–water partition coefficient (Wildman–Crippen LogP) is 1.17. The summed E-state index contributed by atoms with van der Waals surface area (Å²) < 4.78 is 23.8. The maximum absolute atomic E-state index is 13.1. The van der Waals surface area contributed by atoms with Gasteiger partial charge in [-0.2, -0.15) is 0 Å². The molecule has 1 unspecified atom stereocenters. The molecule has 0 aromatic heterocycles. The normalized spacial score (nSPS) is 25.6. The average Bonchev–Trinajstić information content (AvgIpc) is 3.02. The molecule has 1 amide bonds. The molecule has 2 aliphatic heterocycles. The first kappa shape index (κ1) is 20.1. The molecule has 0 saturated carbocycles. The fourth-order valence-electron chi connectivity index (χ4n) is 4.16. The lowest BCUT2D eigenvalue weighted by atomic mass is 9.99. The molecule has 1 N–H and O–H groups in total. The van der Waals surface area contributed by atoms with Crippen LogP contribution in [-0.4, -0.2) is 62.4 Å². The van der Waals surface area contributed by atoms with Gasteiger partial charge in [0.25, 0.3) is 5.91 Å². The fourth-order valence-corrected chi connectivity index (χ4v) is 5.88. The smallest absolute Gasteiger partial charge is 0.278 e. The van der Waals surface area contributed by atoms with Gasteiger partial charge in [-0.05, 0) is 37.0 Å². The summed E-state index contributed by atoms with van der Waals surface area (Å²) >= 11 is 0. The number of sulfone groups is 1. The number of benzene rings is 1. The maximum atomic E-state index is 13.1. The summed E-state index contributed by atoms with van der Waals surface area (Å²) in [5.41, 5.74) is 2.62. The highest BCUT2D eigenvalue weighted by atomic mass is 32.2. The molecule has 1 fully saturated rings. The molecule has 2 aliphatic rings. The van der Waals surface area contributed by atoms with Crippen molar-refractivity contribution >= 4 is 21.3 Å². The minimum atomic E-state index is -3.00. The Hall–Kier alpha value is -1.66. The SMILES string of the molecule is CC[C@H](C)N(C(=O)C[NH+]1CC=C(c2ccccc2)CC1)[C@@H]1CCS(=O)(=O)C1. The zero-order chi connectivity index (χ0) is 19.4. The summed E-state index contributed by atoms with van der Waals surface area (Å²) in [4.78, 5) is 16.2. The number of carbonyl (C=O) groups is 1. The number of nitrogens with one attached hydrogen (secondary N) is 1. The van der Waals surface area contributed by atoms with Gasteiger partial charge in [0.15, 0.2) is 16.4 Å². The summed E-state index contributed by atoms with van der Waals surface area (Å²) in [6.07, 6.45) is 4.63. The van der Waals surface area contributed by atoms with Gasteiger partial charge in [0, 0.05) is 18.5 Å². The van der Waals surface area contributed by atoms with E-state index in [1.54, 1.807) is 0 Å². The van der Waals surface area contributed by atoms with Crippen LogP contribution in [0.3, 0.4) is 0 Å². The molecule has 27 heavy (non-hydrogen) atoms. The summed E-state index contributed by atoms with van der Waals surface area (Å²) in [6, 6.07) is 10.3. The lowest BCUT2D eigenvalue weighted by Gasteiger charge is -2.35. The second kappa shape index (κ2) is 8.57. The van der Waals surface area contributed by atoms with Crippen molar-refractivity contribution in [2.75, 3.05) is 31.1 Å². The molecule has 2 heterocycles. The van der Waals surface area contributed by atoms with Crippen LogP contribution in [0.2, 0.25) is 0 Å². The third-order valence-corrected chi connectivity index (χ3v) is 7.64. The number of hydrogen-bond donors (Lipinski definition) is 1. The molecule has 148 valence electrons. The van der Waals surface area contributed by atoms with Crippen molar-refractivity contribution in [3.05, 3.63) is 42.0 Å². The first-order valence-electron chi connectivity index (χ1n) is 9.99. The van der Waals surface area contributed by atoms with E-state index in [0.717, 1.165) is 25.9 Å². The molecule has 1 saturated heterocycles. The Morgan fingerprint density at radius 3 is 2.59 bits per heavy atom. The molecule has 0 radical (unpaired) electrons. The Kier molecular flexibility index (Phi) is 6.37. The van der Waals surface area contributed by atoms with E-state index in [0.29, 0.717) is 13.0 Å². The van der Waals surface area contributed by atoms with Crippen molar-refractivity contribution in [2.45, 2.75) is 45.2 Å². The fraction of sp³-hybridized carbons (Fsp3) is 0.571. The van der Waals surface area contributed by atoms with Gasteiger partial charge >= 0.3 is 0 Å². The lowest BCUT2D eigenvalue weighted by molar-refractivity contribution is -0.887. The summed E-state index contributed by atoms with van der Waals surface area (Å²) in [5.74, 6) is 0.423. The van der Waals surface area contributed by atoms with Crippen LogP contribution in [0.5, 0.6) is 0 Å². The van der Waals surface area contributed by atoms with E-state index >= 15 is 0 Å². The van der Waals surface area contributed by atoms with Gasteiger partial charge in [-0.1, -0.05) is 37.3 Å². The van der Waals surface area contributed by atoms with Gasteiger partial charge in [0.2, 0.25) is 0 Å². The third kappa shape index (κ3) is 4.99. The molecule has 0 spiro atoms. The zero-order valence-corrected chi connectivity index (χ0v) is 17.2. The van der Waals surface area contributed by atoms with Crippen molar-refractivity contribution in [1.29, 1.82) is 0 Å². The molecule has 0 bridgehead atoms.